The summed E-state index contributed by atoms with van der Waals surface area (Å²) in [5.41, 5.74) is 16.0. The Balaban J connectivity index is 0.995. The molecule has 3 aromatic heterocycles. The monoisotopic (exact) mass is 873 g/mol. The molecule has 0 amide bonds. The van der Waals surface area contributed by atoms with Gasteiger partial charge in [0.15, 0.2) is 34.9 Å². The molecule has 0 unspecified atom stereocenters. The van der Waals surface area contributed by atoms with Gasteiger partial charge in [0.05, 0.1) is 0 Å². The second-order valence-corrected chi connectivity index (χ2v) is 16.7. The molecule has 11 rings (SSSR count). The van der Waals surface area contributed by atoms with Crippen molar-refractivity contribution < 1.29 is 0 Å². The molecule has 0 aliphatic rings. The number of hydrogen-bond acceptors (Lipinski definition) is 7. The van der Waals surface area contributed by atoms with E-state index in [4.69, 9.17) is 34.9 Å². The first-order valence-electron chi connectivity index (χ1n) is 22.6. The Morgan fingerprint density at radius 3 is 0.926 bits per heavy atom. The lowest BCUT2D eigenvalue weighted by atomic mass is 9.88. The van der Waals surface area contributed by atoms with Crippen LogP contribution in [-0.4, -0.2) is 34.9 Å². The van der Waals surface area contributed by atoms with Crippen LogP contribution in [0.25, 0.3) is 113 Å². The third-order valence-electron chi connectivity index (χ3n) is 12.0. The summed E-state index contributed by atoms with van der Waals surface area (Å²) in [5, 5.41) is 0. The van der Waals surface area contributed by atoms with E-state index < -0.39 is 0 Å². The van der Waals surface area contributed by atoms with E-state index in [2.05, 4.69) is 121 Å². The molecule has 3 heterocycles. The van der Waals surface area contributed by atoms with Gasteiger partial charge in [-0.1, -0.05) is 206 Å². The average molecular weight is 874 g/mol. The molecule has 0 spiro atoms. The minimum absolute atomic E-state index is 0.599. The van der Waals surface area contributed by atoms with Gasteiger partial charge in [0.2, 0.25) is 0 Å². The topological polar surface area (TPSA) is 90.2 Å². The van der Waals surface area contributed by atoms with Gasteiger partial charge in [-0.15, -0.1) is 0 Å². The molecule has 11 aromatic rings. The highest BCUT2D eigenvalue weighted by molar-refractivity contribution is 5.93. The second kappa shape index (κ2) is 18.4. The Kier molecular flexibility index (Phi) is 11.3. The minimum atomic E-state index is 0.599. The highest BCUT2D eigenvalue weighted by Crippen LogP contribution is 2.41. The Labute approximate surface area is 395 Å². The SMILES string of the molecule is Cc1cc(-c2cc(-c3ccc(-c4nc(-c5ccccc5)nc(-c5ccc(-c6ccccc6)cc5)n4)cc3)ccc2-c2ccccc2-c2nc(-c3ccccc3)nc(-c3ccccc3)n2)cc(C)n1. The van der Waals surface area contributed by atoms with E-state index in [1.165, 1.54) is 0 Å². The summed E-state index contributed by atoms with van der Waals surface area (Å²) in [6.45, 7) is 4.09. The molecule has 0 radical (unpaired) electrons. The van der Waals surface area contributed by atoms with Crippen molar-refractivity contribution in [2.24, 2.45) is 0 Å². The van der Waals surface area contributed by atoms with Crippen molar-refractivity contribution in [1.82, 2.24) is 34.9 Å². The van der Waals surface area contributed by atoms with Crippen molar-refractivity contribution in [1.29, 1.82) is 0 Å². The third kappa shape index (κ3) is 8.72. The summed E-state index contributed by atoms with van der Waals surface area (Å²) >= 11 is 0. The molecule has 0 atom stereocenters. The van der Waals surface area contributed by atoms with E-state index in [0.29, 0.717) is 34.9 Å². The van der Waals surface area contributed by atoms with Crippen LogP contribution < -0.4 is 0 Å². The number of pyridine rings is 1. The lowest BCUT2D eigenvalue weighted by molar-refractivity contribution is 1.07. The summed E-state index contributed by atoms with van der Waals surface area (Å²) in [5.74, 6) is 3.67. The molecule has 0 aliphatic carbocycles. The minimum Gasteiger partial charge on any atom is -0.258 e. The highest BCUT2D eigenvalue weighted by Gasteiger charge is 2.20. The molecule has 7 heteroatoms. The van der Waals surface area contributed by atoms with Gasteiger partial charge in [0.25, 0.3) is 0 Å². The zero-order chi connectivity index (χ0) is 45.8. The Bertz CT molecular complexity index is 3470. The lowest BCUT2D eigenvalue weighted by Crippen LogP contribution is -2.01. The Morgan fingerprint density at radius 1 is 0.191 bits per heavy atom. The van der Waals surface area contributed by atoms with Gasteiger partial charge in [-0.25, -0.2) is 29.9 Å². The number of aromatic nitrogens is 7. The Morgan fingerprint density at radius 2 is 0.485 bits per heavy atom. The van der Waals surface area contributed by atoms with Crippen molar-refractivity contribution in [2.75, 3.05) is 0 Å². The van der Waals surface area contributed by atoms with Gasteiger partial charge in [-0.05, 0) is 76.6 Å². The molecule has 322 valence electrons. The van der Waals surface area contributed by atoms with Crippen molar-refractivity contribution in [3.05, 3.63) is 236 Å². The van der Waals surface area contributed by atoms with Crippen molar-refractivity contribution in [3.63, 3.8) is 0 Å². The van der Waals surface area contributed by atoms with Crippen LogP contribution in [0, 0.1) is 13.8 Å². The van der Waals surface area contributed by atoms with Crippen molar-refractivity contribution in [3.8, 4) is 113 Å². The highest BCUT2D eigenvalue weighted by atomic mass is 15.0. The van der Waals surface area contributed by atoms with Crippen LogP contribution in [0.3, 0.4) is 0 Å². The van der Waals surface area contributed by atoms with Crippen LogP contribution in [0.2, 0.25) is 0 Å². The van der Waals surface area contributed by atoms with Crippen LogP contribution in [0.15, 0.2) is 224 Å². The maximum atomic E-state index is 5.13. The largest absolute Gasteiger partial charge is 0.258 e. The van der Waals surface area contributed by atoms with Crippen LogP contribution in [0.4, 0.5) is 0 Å². The fourth-order valence-electron chi connectivity index (χ4n) is 8.63. The quantitative estimate of drug-likeness (QED) is 0.135. The molecule has 7 nitrogen and oxygen atoms in total. The summed E-state index contributed by atoms with van der Waals surface area (Å²) in [7, 11) is 0. The fraction of sp³-hybridized carbons (Fsp3) is 0.0328. The predicted octanol–water partition coefficient (Wildman–Crippen LogP) is 14.7. The maximum Gasteiger partial charge on any atom is 0.164 e. The first kappa shape index (κ1) is 41.6. The Hall–Kier alpha value is -9.07. The molecule has 0 aliphatic heterocycles. The van der Waals surface area contributed by atoms with Crippen LogP contribution in [0.1, 0.15) is 11.4 Å². The smallest absolute Gasteiger partial charge is 0.164 e. The molecule has 0 fully saturated rings. The van der Waals surface area contributed by atoms with E-state index in [-0.39, 0.29) is 0 Å². The van der Waals surface area contributed by atoms with Crippen molar-refractivity contribution in [2.45, 2.75) is 13.8 Å². The molecule has 0 N–H and O–H groups in total. The van der Waals surface area contributed by atoms with Crippen LogP contribution >= 0.6 is 0 Å². The molecular weight excluding hydrogens is 831 g/mol. The standard InChI is InChI=1S/C61H43N7/c1-40-37-51(38-41(2)62-40)55-39-50(35-36-53(55)52-25-15-16-26-54(52)61-67-57(46-21-11-5-12-22-46)65-58(68-61)47-23-13-6-14-24-47)44-29-33-49(34-30-44)60-64-56(45-19-9-4-10-20-45)63-59(66-60)48-31-27-43(28-32-48)42-17-7-3-8-18-42/h3-39H,1-2H3. The number of benzene rings is 8. The number of aryl methyl sites for hydroxylation is 2. The summed E-state index contributed by atoms with van der Waals surface area (Å²) in [4.78, 5) is 35.0. The maximum absolute atomic E-state index is 5.13. The second-order valence-electron chi connectivity index (χ2n) is 16.7. The van der Waals surface area contributed by atoms with Crippen molar-refractivity contribution >= 4 is 0 Å². The fourth-order valence-corrected chi connectivity index (χ4v) is 8.63. The summed E-state index contributed by atoms with van der Waals surface area (Å²) in [6, 6.07) is 76.9. The number of hydrogen-bond donors (Lipinski definition) is 0. The average Bonchev–Trinajstić information content (AvgIpc) is 3.41. The molecule has 0 saturated heterocycles. The van der Waals surface area contributed by atoms with E-state index in [1.54, 1.807) is 0 Å². The molecule has 0 saturated carbocycles. The lowest BCUT2D eigenvalue weighted by Gasteiger charge is -2.17. The van der Waals surface area contributed by atoms with Gasteiger partial charge >= 0.3 is 0 Å². The summed E-state index contributed by atoms with van der Waals surface area (Å²) in [6.07, 6.45) is 0. The number of rotatable bonds is 10. The van der Waals surface area contributed by atoms with Gasteiger partial charge < -0.3 is 0 Å². The van der Waals surface area contributed by atoms with Crippen LogP contribution in [0.5, 0.6) is 0 Å². The normalized spacial score (nSPS) is 11.1. The zero-order valence-corrected chi connectivity index (χ0v) is 37.5. The van der Waals surface area contributed by atoms with E-state index in [9.17, 15) is 0 Å². The molecule has 8 aromatic carbocycles. The zero-order valence-electron chi connectivity index (χ0n) is 37.5. The van der Waals surface area contributed by atoms with Gasteiger partial charge in [-0.2, -0.15) is 0 Å². The van der Waals surface area contributed by atoms with Gasteiger partial charge in [0.1, 0.15) is 0 Å². The van der Waals surface area contributed by atoms with Gasteiger partial charge in [0, 0.05) is 44.8 Å². The van der Waals surface area contributed by atoms with E-state index in [1.807, 2.05) is 117 Å². The summed E-state index contributed by atoms with van der Waals surface area (Å²) < 4.78 is 0. The van der Waals surface area contributed by atoms with Crippen LogP contribution in [-0.2, 0) is 0 Å². The van der Waals surface area contributed by atoms with Gasteiger partial charge in [-0.3, -0.25) is 4.98 Å². The predicted molar refractivity (Wildman–Crippen MR) is 275 cm³/mol. The molecular formula is C61H43N7. The molecule has 68 heavy (non-hydrogen) atoms. The first-order chi connectivity index (χ1) is 33.5. The third-order valence-corrected chi connectivity index (χ3v) is 12.0. The molecule has 0 bridgehead atoms. The van der Waals surface area contributed by atoms with E-state index in [0.717, 1.165) is 89.3 Å². The number of nitrogens with zero attached hydrogens (tertiary/aromatic N) is 7. The first-order valence-corrected chi connectivity index (χ1v) is 22.6. The van der Waals surface area contributed by atoms with E-state index >= 15 is 0 Å².